The van der Waals surface area contributed by atoms with Crippen LogP contribution in [-0.4, -0.2) is 34.0 Å². The van der Waals surface area contributed by atoms with Gasteiger partial charge in [-0.15, -0.1) is 0 Å². The lowest BCUT2D eigenvalue weighted by atomic mass is 10.1. The Hall–Kier alpha value is -1.26. The van der Waals surface area contributed by atoms with E-state index in [4.69, 9.17) is 19.9 Å². The maximum atomic E-state index is 5.37. The fourth-order valence-corrected chi connectivity index (χ4v) is 1.66. The van der Waals surface area contributed by atoms with Crippen LogP contribution < -0.4 is 15.2 Å². The third-order valence-corrected chi connectivity index (χ3v) is 2.62. The second kappa shape index (κ2) is 7.14. The van der Waals surface area contributed by atoms with Crippen molar-refractivity contribution in [2.75, 3.05) is 34.0 Å². The van der Waals surface area contributed by atoms with Gasteiger partial charge >= 0.3 is 0 Å². The van der Waals surface area contributed by atoms with Gasteiger partial charge in [0.25, 0.3) is 0 Å². The van der Waals surface area contributed by atoms with E-state index in [1.807, 2.05) is 12.1 Å². The van der Waals surface area contributed by atoms with Crippen LogP contribution in [0.2, 0.25) is 0 Å². The molecule has 0 aliphatic rings. The molecule has 1 rings (SSSR count). The van der Waals surface area contributed by atoms with Gasteiger partial charge in [-0.05, 0) is 36.6 Å². The number of benzene rings is 1. The second-order valence-electron chi connectivity index (χ2n) is 3.78. The van der Waals surface area contributed by atoms with E-state index in [0.29, 0.717) is 19.8 Å². The summed E-state index contributed by atoms with van der Waals surface area (Å²) in [6, 6.07) is 3.98. The number of aryl methyl sites for hydroxylation is 1. The van der Waals surface area contributed by atoms with Crippen LogP contribution in [0.1, 0.15) is 11.1 Å². The van der Waals surface area contributed by atoms with Crippen molar-refractivity contribution in [3.63, 3.8) is 0 Å². The zero-order valence-electron chi connectivity index (χ0n) is 10.8. The van der Waals surface area contributed by atoms with Crippen LogP contribution in [0.25, 0.3) is 0 Å². The van der Waals surface area contributed by atoms with Crippen LogP contribution in [0.5, 0.6) is 11.5 Å². The predicted octanol–water partition coefficient (Wildman–Crippen LogP) is 1.53. The van der Waals surface area contributed by atoms with E-state index in [2.05, 4.69) is 6.92 Å². The number of methoxy groups -OCH3 is 2. The van der Waals surface area contributed by atoms with Crippen LogP contribution in [0, 0.1) is 6.92 Å². The zero-order chi connectivity index (χ0) is 12.7. The SMILES string of the molecule is COc1cc(C)c(CCOCCN)cc1OC. The summed E-state index contributed by atoms with van der Waals surface area (Å²) in [6.07, 6.45) is 0.853. The van der Waals surface area contributed by atoms with Gasteiger partial charge in [-0.25, -0.2) is 0 Å². The smallest absolute Gasteiger partial charge is 0.161 e. The van der Waals surface area contributed by atoms with E-state index in [1.165, 1.54) is 11.1 Å². The monoisotopic (exact) mass is 239 g/mol. The molecule has 1 aromatic rings. The van der Waals surface area contributed by atoms with Crippen molar-refractivity contribution in [1.29, 1.82) is 0 Å². The normalized spacial score (nSPS) is 10.4. The lowest BCUT2D eigenvalue weighted by Gasteiger charge is -2.12. The van der Waals surface area contributed by atoms with Crippen molar-refractivity contribution in [3.05, 3.63) is 23.3 Å². The van der Waals surface area contributed by atoms with Gasteiger partial charge in [-0.2, -0.15) is 0 Å². The van der Waals surface area contributed by atoms with E-state index in [0.717, 1.165) is 17.9 Å². The molecule has 0 bridgehead atoms. The topological polar surface area (TPSA) is 53.7 Å². The van der Waals surface area contributed by atoms with Gasteiger partial charge < -0.3 is 19.9 Å². The van der Waals surface area contributed by atoms with E-state index < -0.39 is 0 Å². The minimum absolute atomic E-state index is 0.560. The minimum atomic E-state index is 0.560. The van der Waals surface area contributed by atoms with Gasteiger partial charge in [-0.1, -0.05) is 0 Å². The Morgan fingerprint density at radius 1 is 1.06 bits per heavy atom. The van der Waals surface area contributed by atoms with Crippen molar-refractivity contribution in [2.45, 2.75) is 13.3 Å². The first-order chi connectivity index (χ1) is 8.22. The first kappa shape index (κ1) is 13.8. The van der Waals surface area contributed by atoms with E-state index in [-0.39, 0.29) is 0 Å². The molecule has 0 aromatic heterocycles. The minimum Gasteiger partial charge on any atom is -0.493 e. The average molecular weight is 239 g/mol. The highest BCUT2D eigenvalue weighted by atomic mass is 16.5. The number of nitrogens with two attached hydrogens (primary N) is 1. The Morgan fingerprint density at radius 3 is 2.29 bits per heavy atom. The number of ether oxygens (including phenoxy) is 3. The fraction of sp³-hybridized carbons (Fsp3) is 0.538. The van der Waals surface area contributed by atoms with Crippen molar-refractivity contribution >= 4 is 0 Å². The third kappa shape index (κ3) is 3.91. The quantitative estimate of drug-likeness (QED) is 0.733. The van der Waals surface area contributed by atoms with Gasteiger partial charge in [0.05, 0.1) is 27.4 Å². The second-order valence-corrected chi connectivity index (χ2v) is 3.78. The molecule has 0 saturated carbocycles. The maximum absolute atomic E-state index is 5.37. The summed E-state index contributed by atoms with van der Waals surface area (Å²) in [6.45, 7) is 3.89. The van der Waals surface area contributed by atoms with Crippen LogP contribution in [-0.2, 0) is 11.2 Å². The van der Waals surface area contributed by atoms with E-state index in [9.17, 15) is 0 Å². The van der Waals surface area contributed by atoms with Crippen molar-refractivity contribution in [1.82, 2.24) is 0 Å². The average Bonchev–Trinajstić information content (AvgIpc) is 2.35. The molecular weight excluding hydrogens is 218 g/mol. The molecule has 0 amide bonds. The van der Waals surface area contributed by atoms with Crippen LogP contribution >= 0.6 is 0 Å². The molecule has 2 N–H and O–H groups in total. The van der Waals surface area contributed by atoms with Crippen molar-refractivity contribution in [3.8, 4) is 11.5 Å². The van der Waals surface area contributed by atoms with Crippen molar-refractivity contribution < 1.29 is 14.2 Å². The molecule has 1 aromatic carbocycles. The molecule has 0 radical (unpaired) electrons. The van der Waals surface area contributed by atoms with Gasteiger partial charge in [0, 0.05) is 6.54 Å². The molecular formula is C13H21NO3. The summed E-state index contributed by atoms with van der Waals surface area (Å²) in [5.74, 6) is 1.52. The summed E-state index contributed by atoms with van der Waals surface area (Å²) < 4.78 is 15.9. The highest BCUT2D eigenvalue weighted by Crippen LogP contribution is 2.30. The third-order valence-electron chi connectivity index (χ3n) is 2.62. The van der Waals surface area contributed by atoms with Gasteiger partial charge in [-0.3, -0.25) is 0 Å². The fourth-order valence-electron chi connectivity index (χ4n) is 1.66. The highest BCUT2D eigenvalue weighted by molar-refractivity contribution is 5.47. The van der Waals surface area contributed by atoms with Crippen LogP contribution in [0.4, 0.5) is 0 Å². The maximum Gasteiger partial charge on any atom is 0.161 e. The van der Waals surface area contributed by atoms with Gasteiger partial charge in [0.15, 0.2) is 11.5 Å². The number of hydrogen-bond donors (Lipinski definition) is 1. The lowest BCUT2D eigenvalue weighted by molar-refractivity contribution is 0.144. The number of hydrogen-bond acceptors (Lipinski definition) is 4. The van der Waals surface area contributed by atoms with Gasteiger partial charge in [0.1, 0.15) is 0 Å². The van der Waals surface area contributed by atoms with Crippen molar-refractivity contribution in [2.24, 2.45) is 5.73 Å². The molecule has 4 heteroatoms. The molecule has 0 aliphatic heterocycles. The predicted molar refractivity (Wildman–Crippen MR) is 67.9 cm³/mol. The summed E-state index contributed by atoms with van der Waals surface area (Å²) in [5.41, 5.74) is 7.75. The molecule has 0 saturated heterocycles. The molecule has 0 atom stereocenters. The molecule has 0 fully saturated rings. The Bertz CT molecular complexity index is 353. The molecule has 4 nitrogen and oxygen atoms in total. The zero-order valence-corrected chi connectivity index (χ0v) is 10.8. The molecule has 0 heterocycles. The number of rotatable bonds is 7. The Morgan fingerprint density at radius 2 is 1.71 bits per heavy atom. The molecule has 0 aliphatic carbocycles. The first-order valence-electron chi connectivity index (χ1n) is 5.72. The molecule has 0 spiro atoms. The standard InChI is InChI=1S/C13H21NO3/c1-10-8-12(15-2)13(16-3)9-11(10)4-6-17-7-5-14/h8-9H,4-7,14H2,1-3H3. The summed E-state index contributed by atoms with van der Waals surface area (Å²) in [7, 11) is 3.28. The summed E-state index contributed by atoms with van der Waals surface area (Å²) >= 11 is 0. The van der Waals surface area contributed by atoms with Crippen LogP contribution in [0.15, 0.2) is 12.1 Å². The van der Waals surface area contributed by atoms with E-state index in [1.54, 1.807) is 14.2 Å². The summed E-state index contributed by atoms with van der Waals surface area (Å²) in [4.78, 5) is 0. The van der Waals surface area contributed by atoms with Gasteiger partial charge in [0.2, 0.25) is 0 Å². The first-order valence-corrected chi connectivity index (χ1v) is 5.72. The Balaban J connectivity index is 2.71. The largest absolute Gasteiger partial charge is 0.493 e. The highest BCUT2D eigenvalue weighted by Gasteiger charge is 2.08. The van der Waals surface area contributed by atoms with Crippen LogP contribution in [0.3, 0.4) is 0 Å². The van der Waals surface area contributed by atoms with E-state index >= 15 is 0 Å². The lowest BCUT2D eigenvalue weighted by Crippen LogP contribution is -2.10. The Kier molecular flexibility index (Phi) is 5.80. The molecule has 17 heavy (non-hydrogen) atoms. The molecule has 0 unspecified atom stereocenters. The summed E-state index contributed by atoms with van der Waals surface area (Å²) in [5, 5.41) is 0. The Labute approximate surface area is 103 Å². The molecule has 96 valence electrons.